The number of nitrogens with zero attached hydrogens (tertiary/aromatic N) is 2. The van der Waals surface area contributed by atoms with Crippen LogP contribution in [0.25, 0.3) is 0 Å². The topological polar surface area (TPSA) is 62.3 Å². The van der Waals surface area contributed by atoms with Crippen LogP contribution in [0.5, 0.6) is 0 Å². The summed E-state index contributed by atoms with van der Waals surface area (Å²) in [5.41, 5.74) is 0.408. The molecule has 0 radical (unpaired) electrons. The predicted octanol–water partition coefficient (Wildman–Crippen LogP) is 0.290. The molecule has 2 amide bonds. The Bertz CT molecular complexity index is 419. The second-order valence-corrected chi connectivity index (χ2v) is 4.27. The van der Waals surface area contributed by atoms with Crippen LogP contribution in [0, 0.1) is 5.92 Å². The van der Waals surface area contributed by atoms with E-state index in [1.54, 1.807) is 36.3 Å². The minimum Gasteiger partial charge on any atom is -0.350 e. The second-order valence-electron chi connectivity index (χ2n) is 4.27. The van der Waals surface area contributed by atoms with Gasteiger partial charge < -0.3 is 10.2 Å². The zero-order chi connectivity index (χ0) is 12.3. The van der Waals surface area contributed by atoms with Gasteiger partial charge in [0.25, 0.3) is 5.91 Å². The first-order valence-corrected chi connectivity index (χ1v) is 5.60. The highest BCUT2D eigenvalue weighted by Gasteiger charge is 2.26. The highest BCUT2D eigenvalue weighted by atomic mass is 16.2. The molecule has 0 aromatic carbocycles. The maximum absolute atomic E-state index is 11.7. The van der Waals surface area contributed by atoms with Crippen LogP contribution >= 0.6 is 0 Å². The second kappa shape index (κ2) is 4.95. The van der Waals surface area contributed by atoms with E-state index in [9.17, 15) is 9.59 Å². The number of pyridine rings is 1. The molecule has 1 aliphatic heterocycles. The number of likely N-dealkylation sites (tertiary alicyclic amines) is 1. The molecule has 0 bridgehead atoms. The minimum absolute atomic E-state index is 0.141. The molecule has 17 heavy (non-hydrogen) atoms. The molecule has 1 aliphatic rings. The molecule has 1 fully saturated rings. The van der Waals surface area contributed by atoms with Crippen LogP contribution in [0.2, 0.25) is 0 Å². The third-order valence-corrected chi connectivity index (χ3v) is 2.87. The highest BCUT2D eigenvalue weighted by molar-refractivity contribution is 5.92. The monoisotopic (exact) mass is 233 g/mol. The molecule has 5 heteroatoms. The van der Waals surface area contributed by atoms with Gasteiger partial charge in [-0.15, -0.1) is 0 Å². The smallest absolute Gasteiger partial charge is 0.269 e. The van der Waals surface area contributed by atoms with Gasteiger partial charge in [-0.2, -0.15) is 0 Å². The molecule has 0 aliphatic carbocycles. The van der Waals surface area contributed by atoms with Gasteiger partial charge in [0.1, 0.15) is 5.69 Å². The Hall–Kier alpha value is -1.91. The number of carbonyl (C=O) groups is 2. The Morgan fingerprint density at radius 3 is 3.00 bits per heavy atom. The summed E-state index contributed by atoms with van der Waals surface area (Å²) in [4.78, 5) is 28.6. The average Bonchev–Trinajstić information content (AvgIpc) is 2.67. The van der Waals surface area contributed by atoms with E-state index in [1.807, 2.05) is 0 Å². The first-order valence-electron chi connectivity index (χ1n) is 5.60. The van der Waals surface area contributed by atoms with Gasteiger partial charge in [0.15, 0.2) is 0 Å². The molecule has 1 aromatic rings. The van der Waals surface area contributed by atoms with Gasteiger partial charge in [0.2, 0.25) is 5.91 Å². The lowest BCUT2D eigenvalue weighted by Gasteiger charge is -2.10. The normalized spacial score (nSPS) is 19.5. The summed E-state index contributed by atoms with van der Waals surface area (Å²) in [7, 11) is 1.78. The number of hydrogen-bond acceptors (Lipinski definition) is 3. The Morgan fingerprint density at radius 1 is 1.59 bits per heavy atom. The fraction of sp³-hybridized carbons (Fsp3) is 0.417. The molecular formula is C12H15N3O2. The van der Waals surface area contributed by atoms with Crippen molar-refractivity contribution in [3.8, 4) is 0 Å². The van der Waals surface area contributed by atoms with Crippen LogP contribution < -0.4 is 5.32 Å². The number of amides is 2. The maximum Gasteiger partial charge on any atom is 0.269 e. The van der Waals surface area contributed by atoms with Crippen LogP contribution in [0.15, 0.2) is 24.4 Å². The molecule has 2 rings (SSSR count). The average molecular weight is 233 g/mol. The molecular weight excluding hydrogens is 218 g/mol. The van der Waals surface area contributed by atoms with E-state index in [-0.39, 0.29) is 17.7 Å². The van der Waals surface area contributed by atoms with Gasteiger partial charge in [0, 0.05) is 38.7 Å². The van der Waals surface area contributed by atoms with E-state index >= 15 is 0 Å². The number of rotatable bonds is 3. The van der Waals surface area contributed by atoms with Crippen LogP contribution in [0.3, 0.4) is 0 Å². The zero-order valence-corrected chi connectivity index (χ0v) is 9.72. The van der Waals surface area contributed by atoms with Crippen molar-refractivity contribution in [2.24, 2.45) is 5.92 Å². The SMILES string of the molecule is CN1CC(CNC(=O)c2ccccn2)CC1=O. The van der Waals surface area contributed by atoms with Gasteiger partial charge in [-0.1, -0.05) is 6.07 Å². The molecule has 1 N–H and O–H groups in total. The summed E-state index contributed by atoms with van der Waals surface area (Å²) >= 11 is 0. The van der Waals surface area contributed by atoms with Crippen LogP contribution in [0.4, 0.5) is 0 Å². The van der Waals surface area contributed by atoms with Gasteiger partial charge >= 0.3 is 0 Å². The number of hydrogen-bond donors (Lipinski definition) is 1. The Balaban J connectivity index is 1.83. The van der Waals surface area contributed by atoms with Gasteiger partial charge in [0.05, 0.1) is 0 Å². The minimum atomic E-state index is -0.187. The zero-order valence-electron chi connectivity index (χ0n) is 9.72. The maximum atomic E-state index is 11.7. The number of carbonyl (C=O) groups excluding carboxylic acids is 2. The molecule has 1 aromatic heterocycles. The summed E-state index contributed by atoms with van der Waals surface area (Å²) in [5, 5.41) is 2.80. The van der Waals surface area contributed by atoms with Crippen molar-refractivity contribution in [1.82, 2.24) is 15.2 Å². The summed E-state index contributed by atoms with van der Waals surface area (Å²) in [6.07, 6.45) is 2.10. The Morgan fingerprint density at radius 2 is 2.41 bits per heavy atom. The molecule has 90 valence electrons. The van der Waals surface area contributed by atoms with Crippen LogP contribution in [-0.4, -0.2) is 41.8 Å². The number of nitrogens with one attached hydrogen (secondary N) is 1. The van der Waals surface area contributed by atoms with E-state index in [4.69, 9.17) is 0 Å². The molecule has 1 saturated heterocycles. The van der Waals surface area contributed by atoms with E-state index in [0.29, 0.717) is 25.2 Å². The Kier molecular flexibility index (Phi) is 3.37. The lowest BCUT2D eigenvalue weighted by atomic mass is 10.1. The third kappa shape index (κ3) is 2.81. The summed E-state index contributed by atoms with van der Waals surface area (Å²) in [6, 6.07) is 5.21. The van der Waals surface area contributed by atoms with Gasteiger partial charge in [-0.3, -0.25) is 14.6 Å². The summed E-state index contributed by atoms with van der Waals surface area (Å²) < 4.78 is 0. The van der Waals surface area contributed by atoms with Crippen LogP contribution in [-0.2, 0) is 4.79 Å². The van der Waals surface area contributed by atoms with Crippen molar-refractivity contribution in [2.45, 2.75) is 6.42 Å². The van der Waals surface area contributed by atoms with Crippen LogP contribution in [0.1, 0.15) is 16.9 Å². The fourth-order valence-electron chi connectivity index (χ4n) is 1.92. The van der Waals surface area contributed by atoms with E-state index < -0.39 is 0 Å². The standard InChI is InChI=1S/C12H15N3O2/c1-15-8-9(6-11(15)16)7-14-12(17)10-4-2-3-5-13-10/h2-5,9H,6-8H2,1H3,(H,14,17). The molecule has 0 saturated carbocycles. The number of aromatic nitrogens is 1. The highest BCUT2D eigenvalue weighted by Crippen LogP contribution is 2.14. The molecule has 1 unspecified atom stereocenters. The van der Waals surface area contributed by atoms with E-state index in [0.717, 1.165) is 0 Å². The van der Waals surface area contributed by atoms with Crippen molar-refractivity contribution in [1.29, 1.82) is 0 Å². The molecule has 1 atom stereocenters. The first kappa shape index (κ1) is 11.6. The lowest BCUT2D eigenvalue weighted by molar-refractivity contribution is -0.126. The van der Waals surface area contributed by atoms with Gasteiger partial charge in [-0.05, 0) is 12.1 Å². The third-order valence-electron chi connectivity index (χ3n) is 2.87. The Labute approximate surface area is 99.8 Å². The fourth-order valence-corrected chi connectivity index (χ4v) is 1.92. The quantitative estimate of drug-likeness (QED) is 0.816. The lowest BCUT2D eigenvalue weighted by Crippen LogP contribution is -2.30. The van der Waals surface area contributed by atoms with Crippen molar-refractivity contribution >= 4 is 11.8 Å². The van der Waals surface area contributed by atoms with Crippen molar-refractivity contribution in [3.63, 3.8) is 0 Å². The molecule has 5 nitrogen and oxygen atoms in total. The first-order chi connectivity index (χ1) is 8.16. The molecule has 2 heterocycles. The van der Waals surface area contributed by atoms with Crippen molar-refractivity contribution < 1.29 is 9.59 Å². The predicted molar refractivity (Wildman–Crippen MR) is 62.3 cm³/mol. The summed E-state index contributed by atoms with van der Waals surface area (Å²) in [5.74, 6) is 0.162. The van der Waals surface area contributed by atoms with Gasteiger partial charge in [-0.25, -0.2) is 0 Å². The summed E-state index contributed by atoms with van der Waals surface area (Å²) in [6.45, 7) is 1.23. The van der Waals surface area contributed by atoms with E-state index in [2.05, 4.69) is 10.3 Å². The molecule has 0 spiro atoms. The van der Waals surface area contributed by atoms with E-state index in [1.165, 1.54) is 0 Å². The van der Waals surface area contributed by atoms with Crippen molar-refractivity contribution in [2.75, 3.05) is 20.1 Å². The van der Waals surface area contributed by atoms with Crippen molar-refractivity contribution in [3.05, 3.63) is 30.1 Å². The largest absolute Gasteiger partial charge is 0.350 e.